The highest BCUT2D eigenvalue weighted by atomic mass is 16.5. The predicted octanol–water partition coefficient (Wildman–Crippen LogP) is 2.87. The van der Waals surface area contributed by atoms with E-state index in [2.05, 4.69) is 38.2 Å². The predicted molar refractivity (Wildman–Crippen MR) is 73.2 cm³/mol. The summed E-state index contributed by atoms with van der Waals surface area (Å²) < 4.78 is 11.3. The van der Waals surface area contributed by atoms with Crippen molar-refractivity contribution in [2.45, 2.75) is 38.8 Å². The molecule has 2 atom stereocenters. The van der Waals surface area contributed by atoms with Gasteiger partial charge in [-0.3, -0.25) is 0 Å². The number of rotatable bonds is 3. The standard InChI is InChI=1S/C15H23NO2/c1-10(2)13-7-12(5-6-14(13)17-4)15-8-16-11(3)9-18-15/h5-7,10-11,15-16H,8-9H2,1-4H3. The van der Waals surface area contributed by atoms with E-state index in [0.717, 1.165) is 18.9 Å². The summed E-state index contributed by atoms with van der Waals surface area (Å²) in [6.07, 6.45) is 0.157. The molecule has 1 aromatic rings. The first-order chi connectivity index (χ1) is 8.61. The molecule has 0 aromatic heterocycles. The zero-order valence-electron chi connectivity index (χ0n) is 11.7. The van der Waals surface area contributed by atoms with Crippen LogP contribution < -0.4 is 10.1 Å². The topological polar surface area (TPSA) is 30.5 Å². The minimum Gasteiger partial charge on any atom is -0.496 e. The molecule has 0 saturated carbocycles. The average Bonchev–Trinajstić information content (AvgIpc) is 2.39. The van der Waals surface area contributed by atoms with E-state index in [-0.39, 0.29) is 6.10 Å². The Morgan fingerprint density at radius 1 is 1.39 bits per heavy atom. The van der Waals surface area contributed by atoms with Crippen LogP contribution in [0.2, 0.25) is 0 Å². The first kappa shape index (κ1) is 13.4. The number of benzene rings is 1. The Balaban J connectivity index is 2.21. The van der Waals surface area contributed by atoms with Crippen molar-refractivity contribution in [1.29, 1.82) is 0 Å². The van der Waals surface area contributed by atoms with E-state index in [1.807, 2.05) is 6.07 Å². The molecule has 0 bridgehead atoms. The second-order valence-electron chi connectivity index (χ2n) is 5.29. The SMILES string of the molecule is COc1ccc(C2CNC(C)CO2)cc1C(C)C. The van der Waals surface area contributed by atoms with Gasteiger partial charge in [-0.25, -0.2) is 0 Å². The molecule has 1 saturated heterocycles. The highest BCUT2D eigenvalue weighted by Crippen LogP contribution is 2.30. The summed E-state index contributed by atoms with van der Waals surface area (Å²) in [5.41, 5.74) is 2.48. The lowest BCUT2D eigenvalue weighted by molar-refractivity contribution is 0.00688. The highest BCUT2D eigenvalue weighted by Gasteiger charge is 2.21. The molecule has 1 aliphatic rings. The number of hydrogen-bond acceptors (Lipinski definition) is 3. The minimum absolute atomic E-state index is 0.157. The van der Waals surface area contributed by atoms with E-state index < -0.39 is 0 Å². The summed E-state index contributed by atoms with van der Waals surface area (Å²) in [7, 11) is 1.72. The molecule has 1 fully saturated rings. The van der Waals surface area contributed by atoms with Crippen molar-refractivity contribution in [2.75, 3.05) is 20.3 Å². The molecule has 0 radical (unpaired) electrons. The molecule has 0 amide bonds. The van der Waals surface area contributed by atoms with Gasteiger partial charge in [0, 0.05) is 12.6 Å². The molecular weight excluding hydrogens is 226 g/mol. The van der Waals surface area contributed by atoms with E-state index in [1.165, 1.54) is 11.1 Å². The Morgan fingerprint density at radius 3 is 2.72 bits per heavy atom. The molecule has 1 N–H and O–H groups in total. The first-order valence-corrected chi connectivity index (χ1v) is 6.64. The van der Waals surface area contributed by atoms with Crippen molar-refractivity contribution in [3.05, 3.63) is 29.3 Å². The lowest BCUT2D eigenvalue weighted by Gasteiger charge is -2.29. The van der Waals surface area contributed by atoms with Crippen LogP contribution in [0.3, 0.4) is 0 Å². The van der Waals surface area contributed by atoms with E-state index in [1.54, 1.807) is 7.11 Å². The van der Waals surface area contributed by atoms with Crippen LogP contribution in [0.5, 0.6) is 5.75 Å². The van der Waals surface area contributed by atoms with Crippen LogP contribution in [0.15, 0.2) is 18.2 Å². The van der Waals surface area contributed by atoms with Crippen molar-refractivity contribution >= 4 is 0 Å². The molecule has 0 aliphatic carbocycles. The molecule has 1 heterocycles. The Morgan fingerprint density at radius 2 is 2.17 bits per heavy atom. The molecule has 3 nitrogen and oxygen atoms in total. The zero-order valence-corrected chi connectivity index (χ0v) is 11.7. The molecule has 2 rings (SSSR count). The maximum atomic E-state index is 5.88. The van der Waals surface area contributed by atoms with Crippen molar-refractivity contribution in [3.63, 3.8) is 0 Å². The third kappa shape index (κ3) is 2.85. The fraction of sp³-hybridized carbons (Fsp3) is 0.600. The maximum Gasteiger partial charge on any atom is 0.122 e. The average molecular weight is 249 g/mol. The van der Waals surface area contributed by atoms with Crippen molar-refractivity contribution < 1.29 is 9.47 Å². The zero-order chi connectivity index (χ0) is 13.1. The number of ether oxygens (including phenoxy) is 2. The van der Waals surface area contributed by atoms with Gasteiger partial charge in [0.25, 0.3) is 0 Å². The number of nitrogens with one attached hydrogen (secondary N) is 1. The Kier molecular flexibility index (Phi) is 4.25. The van der Waals surface area contributed by atoms with Gasteiger partial charge >= 0.3 is 0 Å². The van der Waals surface area contributed by atoms with Crippen LogP contribution in [0.4, 0.5) is 0 Å². The molecule has 100 valence electrons. The summed E-state index contributed by atoms with van der Waals surface area (Å²) in [6.45, 7) is 8.16. The summed E-state index contributed by atoms with van der Waals surface area (Å²) in [6, 6.07) is 6.81. The molecular formula is C15H23NO2. The molecule has 1 aliphatic heterocycles. The third-order valence-corrected chi connectivity index (χ3v) is 3.45. The normalized spacial score (nSPS) is 24.3. The van der Waals surface area contributed by atoms with Gasteiger partial charge in [-0.1, -0.05) is 19.9 Å². The van der Waals surface area contributed by atoms with Crippen molar-refractivity contribution in [1.82, 2.24) is 5.32 Å². The van der Waals surface area contributed by atoms with Gasteiger partial charge in [0.2, 0.25) is 0 Å². The third-order valence-electron chi connectivity index (χ3n) is 3.45. The van der Waals surface area contributed by atoms with Gasteiger partial charge in [0.15, 0.2) is 0 Å². The first-order valence-electron chi connectivity index (χ1n) is 6.64. The van der Waals surface area contributed by atoms with Crippen molar-refractivity contribution in [2.24, 2.45) is 0 Å². The second kappa shape index (κ2) is 5.72. The number of morpholine rings is 1. The minimum atomic E-state index is 0.157. The Labute approximate surface area is 109 Å². The van der Waals surface area contributed by atoms with Crippen LogP contribution in [-0.2, 0) is 4.74 Å². The summed E-state index contributed by atoms with van der Waals surface area (Å²) in [5, 5.41) is 3.45. The van der Waals surface area contributed by atoms with Gasteiger partial charge in [0.05, 0.1) is 19.8 Å². The van der Waals surface area contributed by atoms with Crippen molar-refractivity contribution in [3.8, 4) is 5.75 Å². The van der Waals surface area contributed by atoms with Crippen LogP contribution in [0.1, 0.15) is 43.9 Å². The van der Waals surface area contributed by atoms with E-state index in [0.29, 0.717) is 12.0 Å². The van der Waals surface area contributed by atoms with Crippen LogP contribution in [0.25, 0.3) is 0 Å². The van der Waals surface area contributed by atoms with Gasteiger partial charge < -0.3 is 14.8 Å². The Bertz CT molecular complexity index is 395. The lowest BCUT2D eigenvalue weighted by atomic mass is 9.97. The summed E-state index contributed by atoms with van der Waals surface area (Å²) >= 11 is 0. The number of hydrogen-bond donors (Lipinski definition) is 1. The lowest BCUT2D eigenvalue weighted by Crippen LogP contribution is -2.40. The molecule has 3 heteroatoms. The van der Waals surface area contributed by atoms with Gasteiger partial charge in [-0.05, 0) is 36.1 Å². The second-order valence-corrected chi connectivity index (χ2v) is 5.29. The molecule has 0 spiro atoms. The van der Waals surface area contributed by atoms with Crippen LogP contribution in [-0.4, -0.2) is 26.3 Å². The van der Waals surface area contributed by atoms with E-state index >= 15 is 0 Å². The van der Waals surface area contributed by atoms with E-state index in [9.17, 15) is 0 Å². The molecule has 1 aromatic carbocycles. The van der Waals surface area contributed by atoms with Gasteiger partial charge in [-0.15, -0.1) is 0 Å². The largest absolute Gasteiger partial charge is 0.496 e. The van der Waals surface area contributed by atoms with E-state index in [4.69, 9.17) is 9.47 Å². The Hall–Kier alpha value is -1.06. The van der Waals surface area contributed by atoms with Crippen LogP contribution >= 0.6 is 0 Å². The molecule has 18 heavy (non-hydrogen) atoms. The number of methoxy groups -OCH3 is 1. The van der Waals surface area contributed by atoms with Gasteiger partial charge in [-0.2, -0.15) is 0 Å². The highest BCUT2D eigenvalue weighted by molar-refractivity contribution is 5.40. The fourth-order valence-electron chi connectivity index (χ4n) is 2.30. The summed E-state index contributed by atoms with van der Waals surface area (Å²) in [4.78, 5) is 0. The smallest absolute Gasteiger partial charge is 0.122 e. The summed E-state index contributed by atoms with van der Waals surface area (Å²) in [5.74, 6) is 1.42. The quantitative estimate of drug-likeness (QED) is 0.893. The van der Waals surface area contributed by atoms with Crippen LogP contribution in [0, 0.1) is 0 Å². The molecule has 2 unspecified atom stereocenters. The fourth-order valence-corrected chi connectivity index (χ4v) is 2.30. The maximum absolute atomic E-state index is 5.88. The monoisotopic (exact) mass is 249 g/mol. The van der Waals surface area contributed by atoms with Gasteiger partial charge in [0.1, 0.15) is 5.75 Å².